The van der Waals surface area contributed by atoms with Crippen LogP contribution in [0.15, 0.2) is 12.4 Å². The SMILES string of the molecule is CN(Cc1ncc[nH]1)C(=O)C1CCCN(S(C)(=O)=O)C1. The maximum atomic E-state index is 12.4. The van der Waals surface area contributed by atoms with Crippen LogP contribution >= 0.6 is 0 Å². The highest BCUT2D eigenvalue weighted by atomic mass is 32.2. The van der Waals surface area contributed by atoms with E-state index >= 15 is 0 Å². The molecule has 0 saturated carbocycles. The van der Waals surface area contributed by atoms with Crippen molar-refractivity contribution in [2.75, 3.05) is 26.4 Å². The Bertz CT molecular complexity index is 555. The molecule has 1 aliphatic heterocycles. The molecule has 1 N–H and O–H groups in total. The Morgan fingerprint density at radius 2 is 2.35 bits per heavy atom. The normalized spacial score (nSPS) is 20.8. The summed E-state index contributed by atoms with van der Waals surface area (Å²) in [5, 5.41) is 0. The van der Waals surface area contributed by atoms with E-state index in [1.54, 1.807) is 24.3 Å². The molecule has 0 bridgehead atoms. The zero-order chi connectivity index (χ0) is 14.8. The lowest BCUT2D eigenvalue weighted by atomic mass is 9.98. The Morgan fingerprint density at radius 3 is 2.95 bits per heavy atom. The van der Waals surface area contributed by atoms with Gasteiger partial charge in [-0.1, -0.05) is 0 Å². The molecule has 0 aliphatic carbocycles. The average molecular weight is 300 g/mol. The van der Waals surface area contributed by atoms with E-state index in [1.165, 1.54) is 10.6 Å². The Hall–Kier alpha value is -1.41. The summed E-state index contributed by atoms with van der Waals surface area (Å²) in [6, 6.07) is 0. The van der Waals surface area contributed by atoms with Gasteiger partial charge >= 0.3 is 0 Å². The smallest absolute Gasteiger partial charge is 0.227 e. The van der Waals surface area contributed by atoms with Crippen molar-refractivity contribution in [2.45, 2.75) is 19.4 Å². The number of nitrogens with zero attached hydrogens (tertiary/aromatic N) is 3. The monoisotopic (exact) mass is 300 g/mol. The van der Waals surface area contributed by atoms with E-state index in [1.807, 2.05) is 0 Å². The highest BCUT2D eigenvalue weighted by molar-refractivity contribution is 7.88. The Balaban J connectivity index is 1.98. The second-order valence-corrected chi connectivity index (χ2v) is 7.17. The fourth-order valence-corrected chi connectivity index (χ4v) is 3.36. The molecule has 1 amide bonds. The molecule has 1 fully saturated rings. The van der Waals surface area contributed by atoms with Gasteiger partial charge in [-0.3, -0.25) is 4.79 Å². The van der Waals surface area contributed by atoms with Crippen molar-refractivity contribution in [3.8, 4) is 0 Å². The van der Waals surface area contributed by atoms with E-state index in [-0.39, 0.29) is 18.4 Å². The number of imidazole rings is 1. The number of nitrogens with one attached hydrogen (secondary N) is 1. The molecule has 1 aromatic rings. The van der Waals surface area contributed by atoms with Crippen molar-refractivity contribution >= 4 is 15.9 Å². The van der Waals surface area contributed by atoms with E-state index in [9.17, 15) is 13.2 Å². The van der Waals surface area contributed by atoms with Crippen molar-refractivity contribution in [2.24, 2.45) is 5.92 Å². The number of hydrogen-bond donors (Lipinski definition) is 1. The number of carbonyl (C=O) groups is 1. The number of aromatic amines is 1. The number of sulfonamides is 1. The van der Waals surface area contributed by atoms with Crippen molar-refractivity contribution in [1.82, 2.24) is 19.2 Å². The lowest BCUT2D eigenvalue weighted by Crippen LogP contribution is -2.45. The summed E-state index contributed by atoms with van der Waals surface area (Å²) in [6.45, 7) is 1.19. The largest absolute Gasteiger partial charge is 0.347 e. The van der Waals surface area contributed by atoms with Crippen LogP contribution in [0, 0.1) is 5.92 Å². The van der Waals surface area contributed by atoms with Crippen LogP contribution in [0.1, 0.15) is 18.7 Å². The van der Waals surface area contributed by atoms with Gasteiger partial charge in [0.05, 0.1) is 18.7 Å². The molecule has 20 heavy (non-hydrogen) atoms. The first-order valence-corrected chi connectivity index (χ1v) is 8.41. The van der Waals surface area contributed by atoms with Gasteiger partial charge in [-0.05, 0) is 12.8 Å². The van der Waals surface area contributed by atoms with Crippen molar-refractivity contribution in [3.05, 3.63) is 18.2 Å². The van der Waals surface area contributed by atoms with E-state index in [2.05, 4.69) is 9.97 Å². The van der Waals surface area contributed by atoms with Gasteiger partial charge in [-0.2, -0.15) is 0 Å². The number of rotatable bonds is 4. The van der Waals surface area contributed by atoms with Gasteiger partial charge in [-0.25, -0.2) is 17.7 Å². The highest BCUT2D eigenvalue weighted by Gasteiger charge is 2.31. The van der Waals surface area contributed by atoms with Gasteiger partial charge in [0.15, 0.2) is 0 Å². The van der Waals surface area contributed by atoms with Crippen LogP contribution in [0.2, 0.25) is 0 Å². The standard InChI is InChI=1S/C12H20N4O3S/c1-15(9-11-13-5-6-14-11)12(17)10-4-3-7-16(8-10)20(2,18)19/h5-6,10H,3-4,7-9H2,1-2H3,(H,13,14). The van der Waals surface area contributed by atoms with Crippen LogP contribution in [0.4, 0.5) is 0 Å². The zero-order valence-corrected chi connectivity index (χ0v) is 12.6. The van der Waals surface area contributed by atoms with Crippen molar-refractivity contribution in [3.63, 3.8) is 0 Å². The van der Waals surface area contributed by atoms with Gasteiger partial charge in [0.2, 0.25) is 15.9 Å². The van der Waals surface area contributed by atoms with Gasteiger partial charge in [-0.15, -0.1) is 0 Å². The zero-order valence-electron chi connectivity index (χ0n) is 11.7. The first kappa shape index (κ1) is 15.0. The van der Waals surface area contributed by atoms with Crippen LogP contribution in [-0.2, 0) is 21.4 Å². The van der Waals surface area contributed by atoms with Gasteiger partial charge < -0.3 is 9.88 Å². The molecule has 8 heteroatoms. The third-order valence-corrected chi connectivity index (χ3v) is 4.79. The van der Waals surface area contributed by atoms with Crippen molar-refractivity contribution in [1.29, 1.82) is 0 Å². The summed E-state index contributed by atoms with van der Waals surface area (Å²) in [5.41, 5.74) is 0. The molecule has 1 unspecified atom stereocenters. The summed E-state index contributed by atoms with van der Waals surface area (Å²) < 4.78 is 24.5. The van der Waals surface area contributed by atoms with Gasteiger partial charge in [0, 0.05) is 32.5 Å². The number of amides is 1. The molecule has 1 saturated heterocycles. The number of piperidine rings is 1. The van der Waals surface area contributed by atoms with E-state index in [0.29, 0.717) is 13.1 Å². The second-order valence-electron chi connectivity index (χ2n) is 5.19. The van der Waals surface area contributed by atoms with Crippen LogP contribution in [0.25, 0.3) is 0 Å². The van der Waals surface area contributed by atoms with Gasteiger partial charge in [0.1, 0.15) is 5.82 Å². The topological polar surface area (TPSA) is 86.4 Å². The van der Waals surface area contributed by atoms with Crippen LogP contribution < -0.4 is 0 Å². The summed E-state index contributed by atoms with van der Waals surface area (Å²) in [6.07, 6.45) is 5.98. The first-order chi connectivity index (χ1) is 9.38. The lowest BCUT2D eigenvalue weighted by Gasteiger charge is -2.32. The van der Waals surface area contributed by atoms with E-state index < -0.39 is 10.0 Å². The van der Waals surface area contributed by atoms with E-state index in [0.717, 1.165) is 18.7 Å². The molecular formula is C12H20N4O3S. The van der Waals surface area contributed by atoms with Crippen LogP contribution in [-0.4, -0.2) is 59.9 Å². The predicted molar refractivity (Wildman–Crippen MR) is 74.2 cm³/mol. The van der Waals surface area contributed by atoms with Crippen molar-refractivity contribution < 1.29 is 13.2 Å². The fourth-order valence-electron chi connectivity index (χ4n) is 2.44. The molecule has 2 rings (SSSR count). The molecule has 112 valence electrons. The Kier molecular flexibility index (Phi) is 4.44. The molecule has 2 heterocycles. The second kappa shape index (κ2) is 5.92. The maximum absolute atomic E-state index is 12.4. The Labute approximate surface area is 119 Å². The summed E-state index contributed by atoms with van der Waals surface area (Å²) in [7, 11) is -1.51. The fraction of sp³-hybridized carbons (Fsp3) is 0.667. The first-order valence-electron chi connectivity index (χ1n) is 6.56. The highest BCUT2D eigenvalue weighted by Crippen LogP contribution is 2.20. The third kappa shape index (κ3) is 3.57. The molecule has 0 spiro atoms. The minimum Gasteiger partial charge on any atom is -0.347 e. The number of aromatic nitrogens is 2. The minimum absolute atomic E-state index is 0.0326. The van der Waals surface area contributed by atoms with E-state index in [4.69, 9.17) is 0 Å². The Morgan fingerprint density at radius 1 is 1.60 bits per heavy atom. The molecule has 0 aromatic carbocycles. The average Bonchev–Trinajstić information content (AvgIpc) is 2.90. The number of H-pyrrole nitrogens is 1. The quantitative estimate of drug-likeness (QED) is 0.850. The summed E-state index contributed by atoms with van der Waals surface area (Å²) in [4.78, 5) is 21.0. The lowest BCUT2D eigenvalue weighted by molar-refractivity contribution is -0.136. The predicted octanol–water partition coefficient (Wildman–Crippen LogP) is 0.0397. The maximum Gasteiger partial charge on any atom is 0.227 e. The number of carbonyl (C=O) groups excluding carboxylic acids is 1. The summed E-state index contributed by atoms with van der Waals surface area (Å²) >= 11 is 0. The molecule has 0 radical (unpaired) electrons. The number of hydrogen-bond acceptors (Lipinski definition) is 4. The molecule has 1 atom stereocenters. The van der Waals surface area contributed by atoms with Gasteiger partial charge in [0.25, 0.3) is 0 Å². The molecule has 1 aromatic heterocycles. The minimum atomic E-state index is -3.22. The molecular weight excluding hydrogens is 280 g/mol. The van der Waals surface area contributed by atoms with Crippen LogP contribution in [0.5, 0.6) is 0 Å². The van der Waals surface area contributed by atoms with Crippen LogP contribution in [0.3, 0.4) is 0 Å². The molecule has 7 nitrogen and oxygen atoms in total. The third-order valence-electron chi connectivity index (χ3n) is 3.52. The summed E-state index contributed by atoms with van der Waals surface area (Å²) in [5.74, 6) is 0.421. The molecule has 1 aliphatic rings.